The van der Waals surface area contributed by atoms with Gasteiger partial charge < -0.3 is 20.1 Å². The monoisotopic (exact) mass is 485 g/mol. The van der Waals surface area contributed by atoms with Gasteiger partial charge in [0, 0.05) is 42.1 Å². The van der Waals surface area contributed by atoms with Crippen molar-refractivity contribution in [3.05, 3.63) is 75.5 Å². The Labute approximate surface area is 210 Å². The highest BCUT2D eigenvalue weighted by molar-refractivity contribution is 6.07. The van der Waals surface area contributed by atoms with Crippen LogP contribution in [0.3, 0.4) is 0 Å². The van der Waals surface area contributed by atoms with Gasteiger partial charge in [0.2, 0.25) is 5.78 Å². The molecule has 2 bridgehead atoms. The number of fused-ring (bicyclic) bond motifs is 1. The zero-order chi connectivity index (χ0) is 24.6. The van der Waals surface area contributed by atoms with Gasteiger partial charge in [0.15, 0.2) is 6.10 Å². The Hall–Kier alpha value is -2.67. The number of nitrogens with zero attached hydrogens (tertiary/aromatic N) is 1. The molecule has 36 heavy (non-hydrogen) atoms. The quantitative estimate of drug-likeness (QED) is 0.446. The summed E-state index contributed by atoms with van der Waals surface area (Å²) in [7, 11) is 0. The van der Waals surface area contributed by atoms with Gasteiger partial charge in [-0.05, 0) is 60.8 Å². The van der Waals surface area contributed by atoms with E-state index in [1.165, 1.54) is 18.4 Å². The maximum absolute atomic E-state index is 14.2. The number of likely N-dealkylation sites (tertiary alicyclic amines) is 1. The third kappa shape index (κ3) is 2.20. The standard InChI is InChI=1S/C30H31NO5/c1-16-2-9-20-11-22-30(35)28(15-31(22)12-18-5-6-18)14-29(30)23(20)26(16)36-27(29)25(34)24(28)21(33)10-17-3-7-19(13-32)8-4-17/h2-4,7-9,18,22,27,32-33,35H,5-6,10-15H2,1H3/t22-,27+,28?,29+,30+/m1/s1. The average Bonchev–Trinajstić information content (AvgIpc) is 3.55. The summed E-state index contributed by atoms with van der Waals surface area (Å²) in [5.41, 5.74) is 2.68. The molecule has 0 radical (unpaired) electrons. The normalized spacial score (nSPS) is 38.5. The van der Waals surface area contributed by atoms with Gasteiger partial charge in [-0.15, -0.1) is 0 Å². The molecule has 4 saturated carbocycles. The number of rotatable bonds is 5. The molecule has 2 heterocycles. The van der Waals surface area contributed by atoms with Crippen LogP contribution in [-0.4, -0.2) is 56.8 Å². The first-order valence-electron chi connectivity index (χ1n) is 13.3. The zero-order valence-electron chi connectivity index (χ0n) is 20.5. The topological polar surface area (TPSA) is 90.2 Å². The van der Waals surface area contributed by atoms with Crippen LogP contribution in [0.2, 0.25) is 0 Å². The molecule has 6 heteroatoms. The summed E-state index contributed by atoms with van der Waals surface area (Å²) in [5.74, 6) is 1.32. The number of aryl methyl sites for hydroxylation is 1. The summed E-state index contributed by atoms with van der Waals surface area (Å²) in [6, 6.07) is 11.6. The Balaban J connectivity index is 1.31. The molecule has 2 aromatic rings. The molecule has 7 aliphatic rings. The van der Waals surface area contributed by atoms with E-state index < -0.39 is 22.5 Å². The highest BCUT2D eigenvalue weighted by atomic mass is 16.5. The van der Waals surface area contributed by atoms with Crippen molar-refractivity contribution in [2.24, 2.45) is 11.3 Å². The van der Waals surface area contributed by atoms with Crippen molar-refractivity contribution in [3.8, 4) is 5.75 Å². The Bertz CT molecular complexity index is 1380. The first-order valence-corrected chi connectivity index (χ1v) is 13.3. The SMILES string of the molecule is Cc1ccc2c3c1O[C@H]1C(=O)C(=C(O)Cc4ccc(CO)cc4)C45CN(CC6CC6)[C@H](C2)[C@@]4(O)[C@@]31C5. The van der Waals surface area contributed by atoms with E-state index in [0.29, 0.717) is 24.5 Å². The predicted molar refractivity (Wildman–Crippen MR) is 132 cm³/mol. The largest absolute Gasteiger partial charge is 0.512 e. The van der Waals surface area contributed by atoms with E-state index in [2.05, 4.69) is 17.0 Å². The average molecular weight is 486 g/mol. The van der Waals surface area contributed by atoms with Gasteiger partial charge in [-0.25, -0.2) is 0 Å². The first-order chi connectivity index (χ1) is 17.3. The van der Waals surface area contributed by atoms with Crippen molar-refractivity contribution >= 4 is 5.78 Å². The number of Topliss-reactive ketones (excluding diaryl/α,β-unsaturated/α-hetero) is 1. The fourth-order valence-corrected chi connectivity index (χ4v) is 8.81. The predicted octanol–water partition coefficient (Wildman–Crippen LogP) is 2.90. The minimum atomic E-state index is -1.14. The number of carbonyl (C=O) groups excluding carboxylic acids is 1. The molecular formula is C30H31NO5. The lowest BCUT2D eigenvalue weighted by Gasteiger charge is -2.71. The highest BCUT2D eigenvalue weighted by Gasteiger charge is 2.91. The Kier molecular flexibility index (Phi) is 3.93. The molecule has 1 unspecified atom stereocenters. The molecule has 2 spiro atoms. The van der Waals surface area contributed by atoms with E-state index in [4.69, 9.17) is 4.74 Å². The van der Waals surface area contributed by atoms with Crippen molar-refractivity contribution in [2.75, 3.05) is 13.1 Å². The minimum Gasteiger partial charge on any atom is -0.512 e. The molecule has 5 atom stereocenters. The van der Waals surface area contributed by atoms with Crippen LogP contribution in [0.1, 0.15) is 47.1 Å². The van der Waals surface area contributed by atoms with E-state index in [9.17, 15) is 20.1 Å². The van der Waals surface area contributed by atoms with Crippen LogP contribution in [0.4, 0.5) is 0 Å². The smallest absolute Gasteiger partial charge is 0.204 e. The molecule has 186 valence electrons. The van der Waals surface area contributed by atoms with Crippen LogP contribution < -0.4 is 4.74 Å². The number of benzene rings is 2. The summed E-state index contributed by atoms with van der Waals surface area (Å²) < 4.78 is 6.46. The van der Waals surface area contributed by atoms with Crippen LogP contribution in [0.25, 0.3) is 0 Å². The number of aliphatic hydroxyl groups excluding tert-OH is 2. The third-order valence-corrected chi connectivity index (χ3v) is 10.4. The van der Waals surface area contributed by atoms with Gasteiger partial charge in [0.1, 0.15) is 17.1 Å². The van der Waals surface area contributed by atoms with Gasteiger partial charge in [-0.2, -0.15) is 0 Å². The van der Waals surface area contributed by atoms with E-state index in [1.807, 2.05) is 31.2 Å². The summed E-state index contributed by atoms with van der Waals surface area (Å²) in [6.07, 6.45) is 3.25. The van der Waals surface area contributed by atoms with Gasteiger partial charge in [0.25, 0.3) is 0 Å². The first kappa shape index (κ1) is 21.4. The lowest BCUT2D eigenvalue weighted by molar-refractivity contribution is -0.242. The van der Waals surface area contributed by atoms with Crippen molar-refractivity contribution < 1.29 is 24.9 Å². The number of ether oxygens (including phenoxy) is 1. The fourth-order valence-electron chi connectivity index (χ4n) is 8.81. The number of ketones is 1. The van der Waals surface area contributed by atoms with Crippen LogP contribution in [0.15, 0.2) is 47.7 Å². The van der Waals surface area contributed by atoms with Crippen molar-refractivity contribution in [1.82, 2.24) is 4.90 Å². The summed E-state index contributed by atoms with van der Waals surface area (Å²) in [5, 5.41) is 33.8. The molecule has 0 aromatic heterocycles. The van der Waals surface area contributed by atoms with Gasteiger partial charge >= 0.3 is 0 Å². The minimum absolute atomic E-state index is 0.0384. The Morgan fingerprint density at radius 2 is 1.89 bits per heavy atom. The van der Waals surface area contributed by atoms with E-state index in [-0.39, 0.29) is 30.6 Å². The Morgan fingerprint density at radius 3 is 2.61 bits per heavy atom. The van der Waals surface area contributed by atoms with Gasteiger partial charge in [-0.1, -0.05) is 36.4 Å². The van der Waals surface area contributed by atoms with Crippen LogP contribution in [0, 0.1) is 18.3 Å². The number of carbonyl (C=O) groups is 1. The second-order valence-corrected chi connectivity index (χ2v) is 12.2. The van der Waals surface area contributed by atoms with Gasteiger partial charge in [-0.3, -0.25) is 9.69 Å². The van der Waals surface area contributed by atoms with Crippen LogP contribution >= 0.6 is 0 Å². The Morgan fingerprint density at radius 1 is 1.14 bits per heavy atom. The lowest BCUT2D eigenvalue weighted by atomic mass is 9.31. The number of allylic oxidation sites excluding steroid dienone is 1. The molecule has 1 saturated heterocycles. The van der Waals surface area contributed by atoms with E-state index >= 15 is 0 Å². The summed E-state index contributed by atoms with van der Waals surface area (Å²) in [4.78, 5) is 16.6. The summed E-state index contributed by atoms with van der Waals surface area (Å²) >= 11 is 0. The van der Waals surface area contributed by atoms with Crippen molar-refractivity contribution in [3.63, 3.8) is 0 Å². The number of aliphatic hydroxyl groups is 3. The molecule has 2 aromatic carbocycles. The molecule has 5 fully saturated rings. The lowest BCUT2D eigenvalue weighted by Crippen LogP contribution is -2.85. The maximum atomic E-state index is 14.2. The fraction of sp³-hybridized carbons (Fsp3) is 0.500. The van der Waals surface area contributed by atoms with Crippen molar-refractivity contribution in [1.29, 1.82) is 0 Å². The maximum Gasteiger partial charge on any atom is 0.204 e. The van der Waals surface area contributed by atoms with E-state index in [0.717, 1.165) is 41.0 Å². The molecule has 5 aliphatic carbocycles. The molecule has 2 aliphatic heterocycles. The molecule has 6 nitrogen and oxygen atoms in total. The molecule has 9 rings (SSSR count). The zero-order valence-corrected chi connectivity index (χ0v) is 20.5. The molecular weight excluding hydrogens is 454 g/mol. The number of hydrogen-bond donors (Lipinski definition) is 3. The van der Waals surface area contributed by atoms with Crippen LogP contribution in [-0.2, 0) is 29.7 Å². The molecule has 0 amide bonds. The number of hydrogen-bond acceptors (Lipinski definition) is 6. The summed E-state index contributed by atoms with van der Waals surface area (Å²) in [6.45, 7) is 3.52. The highest BCUT2D eigenvalue weighted by Crippen LogP contribution is 2.80. The second-order valence-electron chi connectivity index (χ2n) is 12.2. The third-order valence-electron chi connectivity index (χ3n) is 10.4. The second kappa shape index (κ2) is 6.60. The van der Waals surface area contributed by atoms with E-state index in [1.54, 1.807) is 0 Å². The van der Waals surface area contributed by atoms with Crippen LogP contribution in [0.5, 0.6) is 5.75 Å². The van der Waals surface area contributed by atoms with Crippen molar-refractivity contribution in [2.45, 2.75) is 68.8 Å². The molecule has 3 N–H and O–H groups in total. The van der Waals surface area contributed by atoms with Gasteiger partial charge in [0.05, 0.1) is 12.0 Å².